The normalized spacial score (nSPS) is 24.3. The van der Waals surface area contributed by atoms with Gasteiger partial charge >= 0.3 is 5.97 Å². The van der Waals surface area contributed by atoms with Crippen molar-refractivity contribution in [1.82, 2.24) is 4.90 Å². The molecule has 0 aliphatic carbocycles. The SMILES string of the molecule is COC(=O)c1ccc(C=NC2C3CCN(CC3)C2C(c2ccccc2)c2ccccc2)cc1. The van der Waals surface area contributed by atoms with Crippen molar-refractivity contribution in [3.05, 3.63) is 107 Å². The number of hydrogen-bond acceptors (Lipinski definition) is 4. The van der Waals surface area contributed by atoms with Gasteiger partial charge in [-0.1, -0.05) is 72.8 Å². The predicted molar refractivity (Wildman–Crippen MR) is 132 cm³/mol. The number of nitrogens with zero attached hydrogens (tertiary/aromatic N) is 2. The van der Waals surface area contributed by atoms with Crippen LogP contribution < -0.4 is 0 Å². The summed E-state index contributed by atoms with van der Waals surface area (Å²) in [5.41, 5.74) is 4.27. The van der Waals surface area contributed by atoms with Gasteiger partial charge in [-0.25, -0.2) is 4.79 Å². The highest BCUT2D eigenvalue weighted by molar-refractivity contribution is 5.90. The van der Waals surface area contributed by atoms with Crippen LogP contribution in [0.1, 0.15) is 45.8 Å². The number of piperidine rings is 3. The Morgan fingerprint density at radius 1 is 0.909 bits per heavy atom. The summed E-state index contributed by atoms with van der Waals surface area (Å²) < 4.78 is 4.81. The summed E-state index contributed by atoms with van der Waals surface area (Å²) in [6, 6.07) is 29.8. The number of hydrogen-bond donors (Lipinski definition) is 0. The number of aliphatic imine (C=N–C) groups is 1. The number of benzene rings is 3. The maximum absolute atomic E-state index is 11.7. The van der Waals surface area contributed by atoms with Crippen LogP contribution in [0, 0.1) is 5.92 Å². The molecule has 2 atom stereocenters. The van der Waals surface area contributed by atoms with Gasteiger partial charge in [-0.05, 0) is 60.7 Å². The van der Waals surface area contributed by atoms with E-state index in [1.807, 2.05) is 18.3 Å². The molecule has 0 amide bonds. The first-order valence-corrected chi connectivity index (χ1v) is 11.8. The Hall–Kier alpha value is -3.24. The largest absolute Gasteiger partial charge is 0.465 e. The van der Waals surface area contributed by atoms with E-state index in [2.05, 4.69) is 65.6 Å². The van der Waals surface area contributed by atoms with E-state index in [9.17, 15) is 4.79 Å². The van der Waals surface area contributed by atoms with Gasteiger partial charge in [0.1, 0.15) is 0 Å². The van der Waals surface area contributed by atoms with Crippen LogP contribution in [0.25, 0.3) is 0 Å². The molecule has 3 aromatic carbocycles. The molecule has 168 valence electrons. The summed E-state index contributed by atoms with van der Waals surface area (Å²) in [5, 5.41) is 0. The van der Waals surface area contributed by atoms with Crippen LogP contribution in [0.4, 0.5) is 0 Å². The van der Waals surface area contributed by atoms with Gasteiger partial charge in [-0.15, -0.1) is 0 Å². The molecule has 2 unspecified atom stereocenters. The molecular weight excluding hydrogens is 408 g/mol. The molecule has 2 bridgehead atoms. The summed E-state index contributed by atoms with van der Waals surface area (Å²) in [7, 11) is 1.40. The lowest BCUT2D eigenvalue weighted by atomic mass is 9.71. The molecule has 0 radical (unpaired) electrons. The van der Waals surface area contributed by atoms with Gasteiger partial charge in [0.05, 0.1) is 18.7 Å². The Morgan fingerprint density at radius 3 is 2.03 bits per heavy atom. The van der Waals surface area contributed by atoms with Crippen molar-refractivity contribution in [2.45, 2.75) is 30.8 Å². The lowest BCUT2D eigenvalue weighted by Gasteiger charge is -2.52. The zero-order chi connectivity index (χ0) is 22.6. The molecule has 3 heterocycles. The van der Waals surface area contributed by atoms with E-state index in [1.165, 1.54) is 31.1 Å². The Morgan fingerprint density at radius 2 is 1.48 bits per heavy atom. The monoisotopic (exact) mass is 438 g/mol. The molecule has 0 N–H and O–H groups in total. The second kappa shape index (κ2) is 9.72. The van der Waals surface area contributed by atoms with E-state index < -0.39 is 0 Å². The Balaban J connectivity index is 1.49. The third-order valence-electron chi connectivity index (χ3n) is 7.22. The van der Waals surface area contributed by atoms with E-state index >= 15 is 0 Å². The van der Waals surface area contributed by atoms with E-state index in [-0.39, 0.29) is 17.9 Å². The van der Waals surface area contributed by atoms with Gasteiger partial charge in [-0.2, -0.15) is 0 Å². The predicted octanol–water partition coefficient (Wildman–Crippen LogP) is 5.19. The van der Waals surface area contributed by atoms with Crippen LogP contribution in [0.5, 0.6) is 0 Å². The molecule has 3 aliphatic heterocycles. The van der Waals surface area contributed by atoms with E-state index in [0.29, 0.717) is 17.5 Å². The topological polar surface area (TPSA) is 41.9 Å². The highest BCUT2D eigenvalue weighted by atomic mass is 16.5. The molecule has 0 aromatic heterocycles. The van der Waals surface area contributed by atoms with Gasteiger partial charge in [0.2, 0.25) is 0 Å². The zero-order valence-electron chi connectivity index (χ0n) is 19.0. The average molecular weight is 439 g/mol. The van der Waals surface area contributed by atoms with Gasteiger partial charge < -0.3 is 4.74 Å². The first kappa shape index (κ1) is 21.6. The molecule has 33 heavy (non-hydrogen) atoms. The van der Waals surface area contributed by atoms with Crippen LogP contribution >= 0.6 is 0 Å². The molecule has 3 aromatic rings. The number of carbonyl (C=O) groups is 1. The molecule has 4 heteroatoms. The smallest absolute Gasteiger partial charge is 0.337 e. The number of carbonyl (C=O) groups excluding carboxylic acids is 1. The van der Waals surface area contributed by atoms with Crippen molar-refractivity contribution in [1.29, 1.82) is 0 Å². The molecule has 0 spiro atoms. The molecule has 0 saturated carbocycles. The van der Waals surface area contributed by atoms with Crippen molar-refractivity contribution in [3.8, 4) is 0 Å². The van der Waals surface area contributed by atoms with Crippen LogP contribution in [-0.4, -0.2) is 49.4 Å². The highest BCUT2D eigenvalue weighted by Crippen LogP contribution is 2.43. The Labute approximate surface area is 195 Å². The molecule has 6 rings (SSSR count). The second-order valence-corrected chi connectivity index (χ2v) is 9.05. The van der Waals surface area contributed by atoms with Gasteiger partial charge in [0.25, 0.3) is 0 Å². The number of esters is 1. The fourth-order valence-corrected chi connectivity index (χ4v) is 5.57. The minimum absolute atomic E-state index is 0.234. The number of ether oxygens (including phenoxy) is 1. The van der Waals surface area contributed by atoms with Crippen molar-refractivity contribution in [2.24, 2.45) is 10.9 Å². The first-order valence-electron chi connectivity index (χ1n) is 11.8. The van der Waals surface area contributed by atoms with Crippen molar-refractivity contribution in [2.75, 3.05) is 20.2 Å². The van der Waals surface area contributed by atoms with Gasteiger partial charge in [-0.3, -0.25) is 9.89 Å². The average Bonchev–Trinajstić information content (AvgIpc) is 2.90. The van der Waals surface area contributed by atoms with Crippen LogP contribution in [0.3, 0.4) is 0 Å². The lowest BCUT2D eigenvalue weighted by molar-refractivity contribution is 0.0215. The quantitative estimate of drug-likeness (QED) is 0.393. The molecule has 3 saturated heterocycles. The Bertz CT molecular complexity index is 1050. The number of methoxy groups -OCH3 is 1. The summed E-state index contributed by atoms with van der Waals surface area (Å²) in [5.74, 6) is 0.560. The Kier molecular flexibility index (Phi) is 6.36. The molecule has 3 aliphatic rings. The summed E-state index contributed by atoms with van der Waals surface area (Å²) in [6.45, 7) is 2.29. The minimum Gasteiger partial charge on any atom is -0.465 e. The van der Waals surface area contributed by atoms with Crippen LogP contribution in [0.15, 0.2) is 89.9 Å². The summed E-state index contributed by atoms with van der Waals surface area (Å²) >= 11 is 0. The lowest BCUT2D eigenvalue weighted by Crippen LogP contribution is -2.59. The zero-order valence-corrected chi connectivity index (χ0v) is 19.0. The van der Waals surface area contributed by atoms with Gasteiger partial charge in [0.15, 0.2) is 0 Å². The highest BCUT2D eigenvalue weighted by Gasteiger charge is 2.46. The van der Waals surface area contributed by atoms with E-state index in [0.717, 1.165) is 18.7 Å². The first-order chi connectivity index (χ1) is 16.2. The standard InChI is InChI=1S/C29H30N2O2/c1-33-29(32)25-14-12-21(13-15-25)20-30-27-24-16-18-31(19-17-24)28(27)26(22-8-4-2-5-9-22)23-10-6-3-7-11-23/h2-15,20,24,26-28H,16-19H2,1H3. The van der Waals surface area contributed by atoms with Crippen molar-refractivity contribution >= 4 is 12.2 Å². The summed E-state index contributed by atoms with van der Waals surface area (Å²) in [4.78, 5) is 19.6. The van der Waals surface area contributed by atoms with Crippen LogP contribution in [-0.2, 0) is 4.74 Å². The number of fused-ring (bicyclic) bond motifs is 3. The third kappa shape index (κ3) is 4.49. The molecular formula is C29H30N2O2. The maximum Gasteiger partial charge on any atom is 0.337 e. The maximum atomic E-state index is 11.7. The fraction of sp³-hybridized carbons (Fsp3) is 0.310. The van der Waals surface area contributed by atoms with Crippen molar-refractivity contribution < 1.29 is 9.53 Å². The second-order valence-electron chi connectivity index (χ2n) is 9.05. The van der Waals surface area contributed by atoms with E-state index in [4.69, 9.17) is 9.73 Å². The van der Waals surface area contributed by atoms with Crippen molar-refractivity contribution in [3.63, 3.8) is 0 Å². The third-order valence-corrected chi connectivity index (χ3v) is 7.22. The summed E-state index contributed by atoms with van der Waals surface area (Å²) in [6.07, 6.45) is 4.40. The van der Waals surface area contributed by atoms with Gasteiger partial charge in [0, 0.05) is 18.2 Å². The molecule has 4 nitrogen and oxygen atoms in total. The van der Waals surface area contributed by atoms with E-state index in [1.54, 1.807) is 12.1 Å². The molecule has 3 fully saturated rings. The number of rotatable bonds is 6. The fourth-order valence-electron chi connectivity index (χ4n) is 5.57. The van der Waals surface area contributed by atoms with Crippen LogP contribution in [0.2, 0.25) is 0 Å². The minimum atomic E-state index is -0.315.